The van der Waals surface area contributed by atoms with Crippen molar-refractivity contribution < 1.29 is 31.5 Å². The van der Waals surface area contributed by atoms with Gasteiger partial charge in [-0.05, 0) is 48.5 Å². The maximum absolute atomic E-state index is 15.2. The number of hydrogen-bond acceptors (Lipinski definition) is 6. The summed E-state index contributed by atoms with van der Waals surface area (Å²) in [7, 11) is 0. The molecule has 5 aromatic rings. The topological polar surface area (TPSA) is 96.0 Å². The standard InChI is InChI=1S/C30H23F5N6O2/c31-23-15-22(24(32)10-18(23)13-28(42)40-26-14-21(2-4-36-26)30(33,34)35)20-9-19-11-25(39-29(19)38-16-20)17-1-3-37-27(12-17)41-5-7-43-8-6-41/h1-4,9-12,14-16H,5-8,13H2,(H,38,39)(H,36,40,42). The summed E-state index contributed by atoms with van der Waals surface area (Å²) in [6.45, 7) is 2.75. The number of pyridine rings is 3. The number of fused-ring (bicyclic) bond motifs is 1. The van der Waals surface area contributed by atoms with Crippen LogP contribution in [0.3, 0.4) is 0 Å². The van der Waals surface area contributed by atoms with Gasteiger partial charge in [-0.3, -0.25) is 4.79 Å². The molecule has 1 aromatic carbocycles. The van der Waals surface area contributed by atoms with E-state index >= 15 is 8.78 Å². The van der Waals surface area contributed by atoms with Gasteiger partial charge in [-0.2, -0.15) is 13.2 Å². The third-order valence-corrected chi connectivity index (χ3v) is 7.01. The zero-order valence-corrected chi connectivity index (χ0v) is 22.4. The molecule has 0 aliphatic carbocycles. The number of nitrogens with zero attached hydrogens (tertiary/aromatic N) is 4. The number of anilines is 2. The van der Waals surface area contributed by atoms with Crippen molar-refractivity contribution in [2.75, 3.05) is 36.5 Å². The van der Waals surface area contributed by atoms with E-state index in [4.69, 9.17) is 4.74 Å². The van der Waals surface area contributed by atoms with Crippen molar-refractivity contribution in [3.05, 3.63) is 89.9 Å². The molecule has 6 rings (SSSR count). The first kappa shape index (κ1) is 28.2. The number of morpholine rings is 1. The largest absolute Gasteiger partial charge is 0.416 e. The first-order valence-corrected chi connectivity index (χ1v) is 13.2. The zero-order valence-electron chi connectivity index (χ0n) is 22.4. The fraction of sp³-hybridized carbons (Fsp3) is 0.200. The third-order valence-electron chi connectivity index (χ3n) is 7.01. The first-order chi connectivity index (χ1) is 20.6. The van der Waals surface area contributed by atoms with Crippen LogP contribution in [0.5, 0.6) is 0 Å². The maximum Gasteiger partial charge on any atom is 0.416 e. The lowest BCUT2D eigenvalue weighted by atomic mass is 10.0. The molecule has 43 heavy (non-hydrogen) atoms. The number of rotatable bonds is 6. The van der Waals surface area contributed by atoms with Crippen molar-refractivity contribution in [3.8, 4) is 22.4 Å². The molecule has 0 saturated carbocycles. The number of halogens is 5. The summed E-state index contributed by atoms with van der Waals surface area (Å²) >= 11 is 0. The average Bonchev–Trinajstić information content (AvgIpc) is 3.43. The van der Waals surface area contributed by atoms with Gasteiger partial charge in [0.25, 0.3) is 0 Å². The summed E-state index contributed by atoms with van der Waals surface area (Å²) in [5, 5.41) is 2.86. The van der Waals surface area contributed by atoms with E-state index < -0.39 is 35.7 Å². The third kappa shape index (κ3) is 6.16. The average molecular weight is 595 g/mol. The molecule has 2 N–H and O–H groups in total. The number of ether oxygens (including phenoxy) is 1. The summed E-state index contributed by atoms with van der Waals surface area (Å²) < 4.78 is 74.4. The molecule has 0 unspecified atom stereocenters. The molecule has 1 aliphatic heterocycles. The van der Waals surface area contributed by atoms with Crippen LogP contribution in [-0.4, -0.2) is 52.1 Å². The van der Waals surface area contributed by atoms with Gasteiger partial charge in [-0.15, -0.1) is 0 Å². The Kier molecular flexibility index (Phi) is 7.48. The molecule has 1 amide bonds. The van der Waals surface area contributed by atoms with Crippen molar-refractivity contribution in [1.29, 1.82) is 0 Å². The highest BCUT2D eigenvalue weighted by atomic mass is 19.4. The van der Waals surface area contributed by atoms with Crippen molar-refractivity contribution in [2.24, 2.45) is 0 Å². The molecule has 0 spiro atoms. The highest BCUT2D eigenvalue weighted by Gasteiger charge is 2.31. The Labute approximate surface area is 241 Å². The number of amides is 1. The summed E-state index contributed by atoms with van der Waals surface area (Å²) in [6, 6.07) is 10.6. The molecule has 1 saturated heterocycles. The summed E-state index contributed by atoms with van der Waals surface area (Å²) in [5.41, 5.74) is 1.21. The Morgan fingerprint density at radius 1 is 0.930 bits per heavy atom. The lowest BCUT2D eigenvalue weighted by molar-refractivity contribution is -0.137. The molecule has 0 radical (unpaired) electrons. The number of benzene rings is 1. The van der Waals surface area contributed by atoms with Crippen LogP contribution in [0.2, 0.25) is 0 Å². The van der Waals surface area contributed by atoms with E-state index in [-0.39, 0.29) is 16.9 Å². The van der Waals surface area contributed by atoms with Gasteiger partial charge >= 0.3 is 6.18 Å². The molecule has 5 heterocycles. The van der Waals surface area contributed by atoms with Crippen LogP contribution in [-0.2, 0) is 22.1 Å². The molecule has 0 bridgehead atoms. The molecule has 13 heteroatoms. The Morgan fingerprint density at radius 2 is 1.72 bits per heavy atom. The molecule has 0 atom stereocenters. The van der Waals surface area contributed by atoms with Gasteiger partial charge in [0.05, 0.1) is 25.2 Å². The second kappa shape index (κ2) is 11.4. The molecule has 1 fully saturated rings. The molecular formula is C30H23F5N6O2. The van der Waals surface area contributed by atoms with E-state index in [1.54, 1.807) is 12.3 Å². The second-order valence-corrected chi connectivity index (χ2v) is 9.92. The Bertz CT molecular complexity index is 1820. The number of alkyl halides is 3. The van der Waals surface area contributed by atoms with Gasteiger partial charge in [-0.25, -0.2) is 23.7 Å². The highest BCUT2D eigenvalue weighted by molar-refractivity contribution is 5.92. The van der Waals surface area contributed by atoms with E-state index in [1.807, 2.05) is 18.2 Å². The molecule has 220 valence electrons. The smallest absolute Gasteiger partial charge is 0.378 e. The predicted molar refractivity (Wildman–Crippen MR) is 149 cm³/mol. The van der Waals surface area contributed by atoms with Crippen LogP contribution >= 0.6 is 0 Å². The Hall–Kier alpha value is -4.91. The van der Waals surface area contributed by atoms with Crippen molar-refractivity contribution in [1.82, 2.24) is 19.9 Å². The van der Waals surface area contributed by atoms with Gasteiger partial charge < -0.3 is 19.9 Å². The minimum absolute atomic E-state index is 0.0585. The summed E-state index contributed by atoms with van der Waals surface area (Å²) in [5.74, 6) is -2.03. The Balaban J connectivity index is 1.21. The minimum atomic E-state index is -4.63. The fourth-order valence-electron chi connectivity index (χ4n) is 4.85. The SMILES string of the molecule is O=C(Cc1cc(F)c(-c2cnc3[nH]c(-c4ccnc(N5CCOCC5)c4)cc3c2)cc1F)Nc1cc(C(F)(F)F)ccn1. The fourth-order valence-corrected chi connectivity index (χ4v) is 4.85. The highest BCUT2D eigenvalue weighted by Crippen LogP contribution is 2.32. The molecule has 4 aromatic heterocycles. The predicted octanol–water partition coefficient (Wildman–Crippen LogP) is 6.00. The van der Waals surface area contributed by atoms with Crippen LogP contribution in [0.4, 0.5) is 33.6 Å². The van der Waals surface area contributed by atoms with Crippen LogP contribution in [0.25, 0.3) is 33.4 Å². The van der Waals surface area contributed by atoms with Gasteiger partial charge in [0.15, 0.2) is 0 Å². The monoisotopic (exact) mass is 594 g/mol. The van der Waals surface area contributed by atoms with E-state index in [0.717, 1.165) is 54.6 Å². The van der Waals surface area contributed by atoms with Crippen LogP contribution in [0, 0.1) is 11.6 Å². The Morgan fingerprint density at radius 3 is 2.51 bits per heavy atom. The van der Waals surface area contributed by atoms with E-state index in [2.05, 4.69) is 30.2 Å². The lowest BCUT2D eigenvalue weighted by Crippen LogP contribution is -2.36. The van der Waals surface area contributed by atoms with Crippen molar-refractivity contribution in [3.63, 3.8) is 0 Å². The second-order valence-electron chi connectivity index (χ2n) is 9.92. The zero-order chi connectivity index (χ0) is 30.1. The van der Waals surface area contributed by atoms with Gasteiger partial charge in [0.2, 0.25) is 5.91 Å². The summed E-state index contributed by atoms with van der Waals surface area (Å²) in [4.78, 5) is 30.3. The first-order valence-electron chi connectivity index (χ1n) is 13.2. The lowest BCUT2D eigenvalue weighted by Gasteiger charge is -2.27. The normalized spacial score (nSPS) is 13.8. The molecule has 8 nitrogen and oxygen atoms in total. The van der Waals surface area contributed by atoms with Crippen LogP contribution in [0.15, 0.2) is 67.1 Å². The van der Waals surface area contributed by atoms with Crippen molar-refractivity contribution >= 4 is 28.6 Å². The number of H-pyrrole nitrogens is 1. The van der Waals surface area contributed by atoms with Gasteiger partial charge in [0.1, 0.15) is 28.9 Å². The van der Waals surface area contributed by atoms with Crippen LogP contribution in [0.1, 0.15) is 11.1 Å². The number of carbonyl (C=O) groups is 1. The van der Waals surface area contributed by atoms with Crippen LogP contribution < -0.4 is 10.2 Å². The molecular weight excluding hydrogens is 571 g/mol. The van der Waals surface area contributed by atoms with E-state index in [1.165, 1.54) is 6.20 Å². The maximum atomic E-state index is 15.2. The van der Waals surface area contributed by atoms with E-state index in [9.17, 15) is 18.0 Å². The number of aromatic amines is 1. The van der Waals surface area contributed by atoms with Gasteiger partial charge in [-0.1, -0.05) is 0 Å². The molecule has 1 aliphatic rings. The number of carbonyl (C=O) groups excluding carboxylic acids is 1. The number of hydrogen-bond donors (Lipinski definition) is 2. The number of nitrogens with one attached hydrogen (secondary N) is 2. The van der Waals surface area contributed by atoms with Gasteiger partial charge in [0, 0.05) is 65.0 Å². The quantitative estimate of drug-likeness (QED) is 0.234. The summed E-state index contributed by atoms with van der Waals surface area (Å²) in [6.07, 6.45) is -1.21. The number of aromatic nitrogens is 4. The van der Waals surface area contributed by atoms with E-state index in [0.29, 0.717) is 35.9 Å². The van der Waals surface area contributed by atoms with Crippen molar-refractivity contribution in [2.45, 2.75) is 12.6 Å². The minimum Gasteiger partial charge on any atom is -0.378 e.